The summed E-state index contributed by atoms with van der Waals surface area (Å²) in [6, 6.07) is -0.943. The molecule has 1 amide bonds. The fourth-order valence-corrected chi connectivity index (χ4v) is 9.79. The van der Waals surface area contributed by atoms with E-state index in [1.807, 2.05) is 6.08 Å². The molecule has 2 heterocycles. The Labute approximate surface area is 460 Å². The number of rotatable bonds is 48. The lowest BCUT2D eigenvalue weighted by molar-refractivity contribution is -0.359. The second kappa shape index (κ2) is 47.5. The zero-order valence-electron chi connectivity index (χ0n) is 47.5. The van der Waals surface area contributed by atoms with Crippen molar-refractivity contribution in [2.24, 2.45) is 0 Å². The third kappa shape index (κ3) is 32.7. The molecule has 0 aromatic heterocycles. The fraction of sp³-hybridized carbons (Fsp3) is 0.823. The van der Waals surface area contributed by atoms with Gasteiger partial charge in [0.05, 0.1) is 32.0 Å². The Hall–Kier alpha value is -2.31. The first-order chi connectivity index (χ1) is 37.1. The van der Waals surface area contributed by atoms with E-state index in [4.69, 9.17) is 18.9 Å². The summed E-state index contributed by atoms with van der Waals surface area (Å²) in [5, 5.41) is 87.0. The Bertz CT molecular complexity index is 1510. The highest BCUT2D eigenvalue weighted by Gasteiger charge is 2.51. The molecule has 442 valence electrons. The van der Waals surface area contributed by atoms with Gasteiger partial charge in [-0.15, -0.1) is 0 Å². The minimum atomic E-state index is -1.79. The van der Waals surface area contributed by atoms with Crippen LogP contribution in [0.4, 0.5) is 0 Å². The first kappa shape index (κ1) is 69.8. The maximum Gasteiger partial charge on any atom is 0.220 e. The van der Waals surface area contributed by atoms with Crippen molar-refractivity contribution in [3.05, 3.63) is 60.8 Å². The van der Waals surface area contributed by atoms with Gasteiger partial charge in [0, 0.05) is 6.42 Å². The summed E-state index contributed by atoms with van der Waals surface area (Å²) in [7, 11) is 0. The van der Waals surface area contributed by atoms with Crippen molar-refractivity contribution in [3.63, 3.8) is 0 Å². The maximum atomic E-state index is 13.2. The molecule has 2 rings (SSSR count). The van der Waals surface area contributed by atoms with Crippen LogP contribution in [0.3, 0.4) is 0 Å². The molecule has 2 aliphatic rings. The van der Waals surface area contributed by atoms with Crippen LogP contribution in [0, 0.1) is 0 Å². The number of ether oxygens (including phenoxy) is 4. The van der Waals surface area contributed by atoms with Crippen LogP contribution < -0.4 is 5.32 Å². The van der Waals surface area contributed by atoms with Gasteiger partial charge in [-0.25, -0.2) is 0 Å². The highest BCUT2D eigenvalue weighted by atomic mass is 16.7. The van der Waals surface area contributed by atoms with Gasteiger partial charge in [-0.3, -0.25) is 4.79 Å². The molecule has 0 aliphatic carbocycles. The zero-order valence-corrected chi connectivity index (χ0v) is 47.5. The Morgan fingerprint density at radius 2 is 0.921 bits per heavy atom. The number of allylic oxidation sites excluding steroid dienone is 9. The van der Waals surface area contributed by atoms with Crippen molar-refractivity contribution in [2.45, 2.75) is 306 Å². The van der Waals surface area contributed by atoms with E-state index in [1.54, 1.807) is 6.08 Å². The summed E-state index contributed by atoms with van der Waals surface area (Å²) in [6.07, 6.45) is 44.2. The predicted octanol–water partition coefficient (Wildman–Crippen LogP) is 10.6. The second-order valence-corrected chi connectivity index (χ2v) is 21.4. The fourth-order valence-electron chi connectivity index (χ4n) is 9.79. The molecule has 0 spiro atoms. The number of aliphatic hydroxyl groups is 8. The molecule has 14 nitrogen and oxygen atoms in total. The van der Waals surface area contributed by atoms with Crippen LogP contribution in [0.25, 0.3) is 0 Å². The normalized spacial score (nSPS) is 25.3. The van der Waals surface area contributed by atoms with Gasteiger partial charge in [-0.1, -0.05) is 222 Å². The van der Waals surface area contributed by atoms with Gasteiger partial charge in [0.25, 0.3) is 0 Å². The van der Waals surface area contributed by atoms with E-state index >= 15 is 0 Å². The van der Waals surface area contributed by atoms with E-state index in [1.165, 1.54) is 135 Å². The second-order valence-electron chi connectivity index (χ2n) is 21.4. The summed E-state index contributed by atoms with van der Waals surface area (Å²) in [4.78, 5) is 13.2. The summed E-state index contributed by atoms with van der Waals surface area (Å²) in [5.41, 5.74) is 0. The van der Waals surface area contributed by atoms with E-state index in [-0.39, 0.29) is 18.9 Å². The molecular weight excluding hydrogens is 967 g/mol. The van der Waals surface area contributed by atoms with Gasteiger partial charge in [0.2, 0.25) is 5.91 Å². The number of carbonyl (C=O) groups is 1. The number of aliphatic hydroxyl groups excluding tert-OH is 8. The molecule has 0 radical (unpaired) electrons. The van der Waals surface area contributed by atoms with E-state index in [0.29, 0.717) is 12.8 Å². The molecule has 12 atom stereocenters. The van der Waals surface area contributed by atoms with Crippen LogP contribution in [0.5, 0.6) is 0 Å². The number of unbranched alkanes of at least 4 members (excludes halogenated alkanes) is 27. The average molecular weight is 1080 g/mol. The van der Waals surface area contributed by atoms with Crippen LogP contribution >= 0.6 is 0 Å². The van der Waals surface area contributed by atoms with E-state index in [9.17, 15) is 45.6 Å². The first-order valence-electron chi connectivity index (χ1n) is 30.5. The highest BCUT2D eigenvalue weighted by Crippen LogP contribution is 2.30. The smallest absolute Gasteiger partial charge is 0.220 e. The summed E-state index contributed by atoms with van der Waals surface area (Å²) in [6.45, 7) is 2.66. The van der Waals surface area contributed by atoms with Crippen LogP contribution in [0.15, 0.2) is 60.8 Å². The van der Waals surface area contributed by atoms with Gasteiger partial charge >= 0.3 is 0 Å². The molecule has 14 heteroatoms. The van der Waals surface area contributed by atoms with Crippen LogP contribution in [-0.2, 0) is 23.7 Å². The number of nitrogens with one attached hydrogen (secondary N) is 1. The zero-order chi connectivity index (χ0) is 55.3. The molecule has 0 saturated carbocycles. The average Bonchev–Trinajstić information content (AvgIpc) is 3.42. The third-order valence-electron chi connectivity index (χ3n) is 14.7. The van der Waals surface area contributed by atoms with Gasteiger partial charge in [-0.05, 0) is 64.2 Å². The first-order valence-corrected chi connectivity index (χ1v) is 30.5. The van der Waals surface area contributed by atoms with Gasteiger partial charge in [0.1, 0.15) is 48.8 Å². The topological polar surface area (TPSA) is 228 Å². The van der Waals surface area contributed by atoms with Gasteiger partial charge < -0.3 is 65.1 Å². The summed E-state index contributed by atoms with van der Waals surface area (Å²) < 4.78 is 22.7. The molecule has 0 bridgehead atoms. The Balaban J connectivity index is 1.75. The molecule has 76 heavy (non-hydrogen) atoms. The monoisotopic (exact) mass is 1080 g/mol. The summed E-state index contributed by atoms with van der Waals surface area (Å²) in [5.74, 6) is -0.267. The Morgan fingerprint density at radius 3 is 1.45 bits per heavy atom. The molecule has 0 aromatic rings. The summed E-state index contributed by atoms with van der Waals surface area (Å²) >= 11 is 0. The number of amides is 1. The highest BCUT2D eigenvalue weighted by molar-refractivity contribution is 5.76. The van der Waals surface area contributed by atoms with E-state index < -0.39 is 86.8 Å². The van der Waals surface area contributed by atoms with Crippen LogP contribution in [0.2, 0.25) is 0 Å². The number of hydrogen-bond acceptors (Lipinski definition) is 13. The molecule has 2 saturated heterocycles. The van der Waals surface area contributed by atoms with Crippen molar-refractivity contribution in [2.75, 3.05) is 19.8 Å². The van der Waals surface area contributed by atoms with Crippen molar-refractivity contribution in [3.8, 4) is 0 Å². The van der Waals surface area contributed by atoms with Crippen LogP contribution in [0.1, 0.15) is 232 Å². The number of carbonyl (C=O) groups excluding carboxylic acids is 1. The lowest BCUT2D eigenvalue weighted by Crippen LogP contribution is -2.65. The quantitative estimate of drug-likeness (QED) is 0.0204. The Morgan fingerprint density at radius 1 is 0.487 bits per heavy atom. The molecule has 12 unspecified atom stereocenters. The Kier molecular flexibility index (Phi) is 43.6. The van der Waals surface area contributed by atoms with Crippen molar-refractivity contribution in [1.29, 1.82) is 0 Å². The van der Waals surface area contributed by atoms with Crippen molar-refractivity contribution >= 4 is 5.91 Å². The molecule has 2 aliphatic heterocycles. The van der Waals surface area contributed by atoms with Crippen molar-refractivity contribution < 1.29 is 64.6 Å². The lowest BCUT2D eigenvalue weighted by Gasteiger charge is -2.46. The predicted molar refractivity (Wildman–Crippen MR) is 304 cm³/mol. The standard InChI is InChI=1S/C62H111NO13/c1-3-5-7-9-11-13-15-17-19-20-21-22-23-24-25-26-27-28-29-30-32-33-35-37-39-41-43-45-51(66)50(63-54(67)46-44-42-40-38-36-34-31-18-16-14-12-10-8-6-4-2)49-73-61-59(72)57(70)60(53(48-65)75-61)76-62-58(71)56(69)55(68)52(47-64)74-62/h6,8,12,14,18,31,35,37,43,45,50-53,55-62,64-66,68-72H,3-5,7,9-11,13,15-17,19-30,32-34,36,38-42,44,46-49H2,1-2H3,(H,63,67)/b8-6-,14-12-,31-18-,37-35+,45-43+. The SMILES string of the molecule is CC/C=C\C/C=C\C/C=C\CCCCCCCC(=O)NC(COC1OC(CO)C(OC2OC(CO)C(O)C(O)C2O)C(O)C1O)C(O)/C=C/CC/C=C/CCCCCCCCCCCCCCCCCCCCCCC. The maximum absolute atomic E-state index is 13.2. The van der Waals surface area contributed by atoms with E-state index in [2.05, 4.69) is 67.8 Å². The van der Waals surface area contributed by atoms with Crippen molar-refractivity contribution in [1.82, 2.24) is 5.32 Å². The number of hydrogen-bond donors (Lipinski definition) is 9. The van der Waals surface area contributed by atoms with Gasteiger partial charge in [-0.2, -0.15) is 0 Å². The lowest BCUT2D eigenvalue weighted by atomic mass is 9.97. The minimum absolute atomic E-state index is 0.252. The largest absolute Gasteiger partial charge is 0.394 e. The molecule has 0 aromatic carbocycles. The van der Waals surface area contributed by atoms with Gasteiger partial charge in [0.15, 0.2) is 12.6 Å². The van der Waals surface area contributed by atoms with E-state index in [0.717, 1.165) is 64.2 Å². The third-order valence-corrected chi connectivity index (χ3v) is 14.7. The molecule has 9 N–H and O–H groups in total. The molecule has 2 fully saturated rings. The minimum Gasteiger partial charge on any atom is -0.394 e. The molecular formula is C62H111NO13. The van der Waals surface area contributed by atoms with Crippen LogP contribution in [-0.4, -0.2) is 140 Å².